The number of hydrogen-bond donors (Lipinski definition) is 2. The number of carbonyl (C=O) groups is 2. The van der Waals surface area contributed by atoms with Crippen LogP contribution in [0.25, 0.3) is 22.3 Å². The second kappa shape index (κ2) is 8.28. The lowest BCUT2D eigenvalue weighted by Crippen LogP contribution is -2.42. The molecule has 0 radical (unpaired) electrons. The van der Waals surface area contributed by atoms with Gasteiger partial charge in [0.1, 0.15) is 5.76 Å². The molecule has 6 nitrogen and oxygen atoms in total. The van der Waals surface area contributed by atoms with Gasteiger partial charge in [0.15, 0.2) is 11.0 Å². The normalized spacial score (nSPS) is 10.6. The van der Waals surface area contributed by atoms with E-state index in [0.717, 1.165) is 11.1 Å². The maximum atomic E-state index is 12.9. The molecule has 2 amide bonds. The van der Waals surface area contributed by atoms with Crippen molar-refractivity contribution >= 4 is 22.8 Å². The number of hydrogen-bond acceptors (Lipinski definition) is 4. The molecule has 0 bridgehead atoms. The summed E-state index contributed by atoms with van der Waals surface area (Å²) in [5.74, 6) is -0.616. The van der Waals surface area contributed by atoms with Crippen LogP contribution in [0.3, 0.4) is 0 Å². The van der Waals surface area contributed by atoms with Crippen LogP contribution in [0.4, 0.5) is 0 Å². The molecule has 0 aliphatic rings. The summed E-state index contributed by atoms with van der Waals surface area (Å²) in [5.41, 5.74) is 7.37. The summed E-state index contributed by atoms with van der Waals surface area (Å²) in [6.45, 7) is 3.51. The lowest BCUT2D eigenvalue weighted by atomic mass is 10.0. The Morgan fingerprint density at radius 3 is 2.06 bits per heavy atom. The van der Waals surface area contributed by atoms with Gasteiger partial charge in [0, 0.05) is 16.7 Å². The standard InChI is InChI=1S/C25H20N2O4/c1-15-9-6-7-12-18(15)24(29)26-27-25(30)20-14-8-13-19-21(28)16(2)22(31-23(19)20)17-10-4-3-5-11-17/h3-14H,1-2H3,(H,26,29)(H,27,30). The third-order valence-corrected chi connectivity index (χ3v) is 5.10. The first kappa shape index (κ1) is 20.1. The van der Waals surface area contributed by atoms with Gasteiger partial charge < -0.3 is 4.42 Å². The number of carbonyl (C=O) groups excluding carboxylic acids is 2. The van der Waals surface area contributed by atoms with Crippen molar-refractivity contribution in [3.8, 4) is 11.3 Å². The first-order chi connectivity index (χ1) is 15.0. The lowest BCUT2D eigenvalue weighted by molar-refractivity contribution is 0.0846. The molecule has 2 N–H and O–H groups in total. The molecule has 154 valence electrons. The first-order valence-corrected chi connectivity index (χ1v) is 9.75. The zero-order chi connectivity index (χ0) is 22.0. The molecule has 0 spiro atoms. The fourth-order valence-electron chi connectivity index (χ4n) is 3.43. The molecule has 1 heterocycles. The summed E-state index contributed by atoms with van der Waals surface area (Å²) < 4.78 is 6.05. The summed E-state index contributed by atoms with van der Waals surface area (Å²) in [7, 11) is 0. The van der Waals surface area contributed by atoms with Crippen molar-refractivity contribution in [1.82, 2.24) is 10.9 Å². The summed E-state index contributed by atoms with van der Waals surface area (Å²) in [6, 6.07) is 21.1. The zero-order valence-electron chi connectivity index (χ0n) is 17.1. The van der Waals surface area contributed by atoms with Crippen LogP contribution in [0.5, 0.6) is 0 Å². The van der Waals surface area contributed by atoms with E-state index >= 15 is 0 Å². The molecule has 3 aromatic carbocycles. The molecule has 1 aromatic heterocycles. The van der Waals surface area contributed by atoms with Crippen molar-refractivity contribution in [2.45, 2.75) is 13.8 Å². The van der Waals surface area contributed by atoms with E-state index in [0.29, 0.717) is 22.3 Å². The third kappa shape index (κ3) is 3.83. The van der Waals surface area contributed by atoms with Crippen LogP contribution in [-0.2, 0) is 0 Å². The van der Waals surface area contributed by atoms with Gasteiger partial charge in [0.25, 0.3) is 11.8 Å². The number of hydrazine groups is 1. The molecule has 31 heavy (non-hydrogen) atoms. The summed E-state index contributed by atoms with van der Waals surface area (Å²) in [4.78, 5) is 38.2. The van der Waals surface area contributed by atoms with Gasteiger partial charge in [0.05, 0.1) is 10.9 Å². The number of benzene rings is 3. The minimum Gasteiger partial charge on any atom is -0.455 e. The van der Waals surface area contributed by atoms with E-state index in [1.807, 2.05) is 49.4 Å². The van der Waals surface area contributed by atoms with E-state index in [2.05, 4.69) is 10.9 Å². The highest BCUT2D eigenvalue weighted by atomic mass is 16.3. The molecule has 6 heteroatoms. The van der Waals surface area contributed by atoms with Crippen LogP contribution in [0.2, 0.25) is 0 Å². The van der Waals surface area contributed by atoms with E-state index < -0.39 is 11.8 Å². The number of nitrogens with one attached hydrogen (secondary N) is 2. The molecular formula is C25H20N2O4. The quantitative estimate of drug-likeness (QED) is 0.495. The molecule has 0 saturated heterocycles. The number of rotatable bonds is 3. The van der Waals surface area contributed by atoms with Crippen molar-refractivity contribution < 1.29 is 14.0 Å². The van der Waals surface area contributed by atoms with Gasteiger partial charge in [-0.1, -0.05) is 54.6 Å². The van der Waals surface area contributed by atoms with E-state index in [-0.39, 0.29) is 16.6 Å². The minimum atomic E-state index is -0.585. The lowest BCUT2D eigenvalue weighted by Gasteiger charge is -2.12. The Morgan fingerprint density at radius 1 is 0.742 bits per heavy atom. The van der Waals surface area contributed by atoms with Crippen LogP contribution in [-0.4, -0.2) is 11.8 Å². The second-order valence-corrected chi connectivity index (χ2v) is 7.16. The van der Waals surface area contributed by atoms with Gasteiger partial charge in [0.2, 0.25) is 0 Å². The molecule has 4 rings (SSSR count). The Morgan fingerprint density at radius 2 is 1.35 bits per heavy atom. The third-order valence-electron chi connectivity index (χ3n) is 5.10. The highest BCUT2D eigenvalue weighted by molar-refractivity contribution is 6.06. The van der Waals surface area contributed by atoms with Gasteiger partial charge in [-0.3, -0.25) is 25.2 Å². The number of fused-ring (bicyclic) bond motifs is 1. The Bertz CT molecular complexity index is 1360. The first-order valence-electron chi connectivity index (χ1n) is 9.75. The van der Waals surface area contributed by atoms with Crippen LogP contribution < -0.4 is 16.3 Å². The molecule has 0 aliphatic heterocycles. The maximum Gasteiger partial charge on any atom is 0.273 e. The van der Waals surface area contributed by atoms with E-state index in [4.69, 9.17) is 4.42 Å². The Balaban J connectivity index is 1.70. The molecule has 0 atom stereocenters. The van der Waals surface area contributed by atoms with Crippen molar-refractivity contribution in [3.05, 3.63) is 105 Å². The Hall–Kier alpha value is -4.19. The van der Waals surface area contributed by atoms with Gasteiger partial charge in [-0.25, -0.2) is 0 Å². The van der Waals surface area contributed by atoms with Crippen molar-refractivity contribution in [1.29, 1.82) is 0 Å². The monoisotopic (exact) mass is 412 g/mol. The van der Waals surface area contributed by atoms with Crippen molar-refractivity contribution in [2.75, 3.05) is 0 Å². The zero-order valence-corrected chi connectivity index (χ0v) is 17.1. The fraction of sp³-hybridized carbons (Fsp3) is 0.0800. The molecule has 0 unspecified atom stereocenters. The largest absolute Gasteiger partial charge is 0.455 e. The molecule has 0 aliphatic carbocycles. The Kier molecular flexibility index (Phi) is 5.37. The fourth-order valence-corrected chi connectivity index (χ4v) is 3.43. The van der Waals surface area contributed by atoms with Crippen LogP contribution in [0, 0.1) is 13.8 Å². The number of para-hydroxylation sites is 1. The predicted molar refractivity (Wildman–Crippen MR) is 119 cm³/mol. The Labute approximate surface area is 178 Å². The molecule has 0 fully saturated rings. The maximum absolute atomic E-state index is 12.9. The highest BCUT2D eigenvalue weighted by Gasteiger charge is 2.19. The average molecular weight is 412 g/mol. The predicted octanol–water partition coefficient (Wildman–Crippen LogP) is 4.15. The smallest absolute Gasteiger partial charge is 0.273 e. The van der Waals surface area contributed by atoms with Crippen LogP contribution in [0.1, 0.15) is 31.8 Å². The van der Waals surface area contributed by atoms with Crippen LogP contribution >= 0.6 is 0 Å². The second-order valence-electron chi connectivity index (χ2n) is 7.16. The van der Waals surface area contributed by atoms with Gasteiger partial charge >= 0.3 is 0 Å². The highest BCUT2D eigenvalue weighted by Crippen LogP contribution is 2.27. The SMILES string of the molecule is Cc1ccccc1C(=O)NNC(=O)c1cccc2c(=O)c(C)c(-c3ccccc3)oc12. The van der Waals surface area contributed by atoms with E-state index in [1.54, 1.807) is 37.3 Å². The summed E-state index contributed by atoms with van der Waals surface area (Å²) in [5, 5.41) is 0.301. The van der Waals surface area contributed by atoms with Gasteiger partial charge in [-0.2, -0.15) is 0 Å². The topological polar surface area (TPSA) is 88.4 Å². The number of aryl methyl sites for hydroxylation is 1. The van der Waals surface area contributed by atoms with Crippen molar-refractivity contribution in [3.63, 3.8) is 0 Å². The van der Waals surface area contributed by atoms with Gasteiger partial charge in [-0.15, -0.1) is 0 Å². The average Bonchev–Trinajstić information content (AvgIpc) is 2.80. The van der Waals surface area contributed by atoms with Crippen molar-refractivity contribution in [2.24, 2.45) is 0 Å². The van der Waals surface area contributed by atoms with Crippen LogP contribution in [0.15, 0.2) is 82.0 Å². The molecular weight excluding hydrogens is 392 g/mol. The molecule has 0 saturated carbocycles. The van der Waals surface area contributed by atoms with E-state index in [9.17, 15) is 14.4 Å². The minimum absolute atomic E-state index is 0.150. The molecule has 4 aromatic rings. The van der Waals surface area contributed by atoms with Gasteiger partial charge in [-0.05, 0) is 37.6 Å². The van der Waals surface area contributed by atoms with E-state index in [1.165, 1.54) is 0 Å². The summed E-state index contributed by atoms with van der Waals surface area (Å²) >= 11 is 0. The number of amides is 2. The summed E-state index contributed by atoms with van der Waals surface area (Å²) in [6.07, 6.45) is 0.